The molecule has 4 nitrogen and oxygen atoms in total. The van der Waals surface area contributed by atoms with Gasteiger partial charge >= 0.3 is 5.97 Å². The van der Waals surface area contributed by atoms with Crippen molar-refractivity contribution in [1.82, 2.24) is 9.55 Å². The molecule has 1 aliphatic rings. The van der Waals surface area contributed by atoms with Crippen LogP contribution < -0.4 is 0 Å². The van der Waals surface area contributed by atoms with Crippen LogP contribution in [0.3, 0.4) is 0 Å². The van der Waals surface area contributed by atoms with Crippen LogP contribution in [0.15, 0.2) is 4.60 Å². The van der Waals surface area contributed by atoms with Gasteiger partial charge in [0.05, 0.1) is 5.69 Å². The molecule has 0 spiro atoms. The number of carbonyl (C=O) groups is 1. The average molecular weight is 287 g/mol. The third-order valence-electron chi connectivity index (χ3n) is 2.99. The first-order valence-corrected chi connectivity index (χ1v) is 6.31. The molecule has 5 heteroatoms. The van der Waals surface area contributed by atoms with Gasteiger partial charge in [-0.1, -0.05) is 13.8 Å². The van der Waals surface area contributed by atoms with Crippen molar-refractivity contribution in [1.29, 1.82) is 0 Å². The number of hydrogen-bond acceptors (Lipinski definition) is 2. The Hall–Kier alpha value is -0.840. The first-order valence-electron chi connectivity index (χ1n) is 5.51. The second-order valence-electron chi connectivity index (χ2n) is 4.48. The number of nitrogens with zero attached hydrogens (tertiary/aromatic N) is 2. The van der Waals surface area contributed by atoms with E-state index >= 15 is 0 Å². The molecule has 88 valence electrons. The topological polar surface area (TPSA) is 55.1 Å². The molecule has 0 fully saturated rings. The summed E-state index contributed by atoms with van der Waals surface area (Å²) in [6.45, 7) is 4.07. The van der Waals surface area contributed by atoms with Gasteiger partial charge in [-0.05, 0) is 35.2 Å². The largest absolute Gasteiger partial charge is 0.480 e. The molecule has 0 bridgehead atoms. The van der Waals surface area contributed by atoms with E-state index in [2.05, 4.69) is 20.9 Å². The van der Waals surface area contributed by atoms with Gasteiger partial charge in [0.25, 0.3) is 0 Å². The second kappa shape index (κ2) is 4.20. The van der Waals surface area contributed by atoms with Gasteiger partial charge in [-0.2, -0.15) is 0 Å². The summed E-state index contributed by atoms with van der Waals surface area (Å²) in [5.74, 6) is 0.353. The Morgan fingerprint density at radius 3 is 2.88 bits per heavy atom. The summed E-state index contributed by atoms with van der Waals surface area (Å²) in [4.78, 5) is 15.7. The summed E-state index contributed by atoms with van der Waals surface area (Å²) in [6.07, 6.45) is 2.52. The summed E-state index contributed by atoms with van der Waals surface area (Å²) >= 11 is 3.42. The van der Waals surface area contributed by atoms with E-state index in [-0.39, 0.29) is 5.92 Å². The molecule has 1 atom stereocenters. The highest BCUT2D eigenvalue weighted by molar-refractivity contribution is 9.10. The fourth-order valence-corrected chi connectivity index (χ4v) is 2.83. The zero-order valence-corrected chi connectivity index (χ0v) is 11.0. The lowest BCUT2D eigenvalue weighted by Gasteiger charge is -2.25. The van der Waals surface area contributed by atoms with Crippen LogP contribution >= 0.6 is 15.9 Å². The van der Waals surface area contributed by atoms with Gasteiger partial charge in [-0.25, -0.2) is 9.78 Å². The molecular formula is C11H15BrN2O2. The normalized spacial score (nSPS) is 19.9. The van der Waals surface area contributed by atoms with Crippen molar-refractivity contribution in [3.8, 4) is 0 Å². The van der Waals surface area contributed by atoms with Crippen molar-refractivity contribution in [2.75, 3.05) is 0 Å². The van der Waals surface area contributed by atoms with Crippen LogP contribution in [0.25, 0.3) is 0 Å². The molecule has 0 saturated heterocycles. The van der Waals surface area contributed by atoms with Crippen LogP contribution in [0.4, 0.5) is 0 Å². The van der Waals surface area contributed by atoms with Gasteiger partial charge in [-0.3, -0.25) is 0 Å². The molecule has 0 aliphatic carbocycles. The maximum Gasteiger partial charge on any atom is 0.326 e. The zero-order valence-electron chi connectivity index (χ0n) is 9.40. The number of fused-ring (bicyclic) bond motifs is 1. The Kier molecular flexibility index (Phi) is 3.06. The highest BCUT2D eigenvalue weighted by atomic mass is 79.9. The highest BCUT2D eigenvalue weighted by Gasteiger charge is 2.31. The van der Waals surface area contributed by atoms with Crippen LogP contribution in [0.5, 0.6) is 0 Å². The van der Waals surface area contributed by atoms with E-state index in [4.69, 9.17) is 0 Å². The van der Waals surface area contributed by atoms with E-state index < -0.39 is 12.0 Å². The van der Waals surface area contributed by atoms with Crippen molar-refractivity contribution in [3.05, 3.63) is 16.1 Å². The third-order valence-corrected chi connectivity index (χ3v) is 3.63. The number of halogens is 1. The number of rotatable bonds is 2. The Bertz CT molecular complexity index is 426. The molecule has 2 rings (SSSR count). The molecule has 0 aromatic carbocycles. The third kappa shape index (κ3) is 1.77. The van der Waals surface area contributed by atoms with E-state index in [1.54, 1.807) is 0 Å². The number of carboxylic acids is 1. The lowest BCUT2D eigenvalue weighted by atomic mass is 10.0. The minimum atomic E-state index is -0.757. The number of aromatic nitrogens is 2. The van der Waals surface area contributed by atoms with Crippen molar-refractivity contribution in [2.45, 2.75) is 45.1 Å². The van der Waals surface area contributed by atoms with Crippen LogP contribution in [0.1, 0.15) is 50.2 Å². The van der Waals surface area contributed by atoms with Gasteiger partial charge in [0, 0.05) is 5.92 Å². The molecule has 1 aromatic rings. The molecule has 0 amide bonds. The van der Waals surface area contributed by atoms with Gasteiger partial charge in [0.15, 0.2) is 0 Å². The average Bonchev–Trinajstić information content (AvgIpc) is 2.56. The summed E-state index contributed by atoms with van der Waals surface area (Å²) in [5.41, 5.74) is 1.03. The molecule has 0 saturated carbocycles. The fraction of sp³-hybridized carbons (Fsp3) is 0.636. The van der Waals surface area contributed by atoms with E-state index in [9.17, 15) is 9.90 Å². The van der Waals surface area contributed by atoms with Crippen molar-refractivity contribution in [3.63, 3.8) is 0 Å². The summed E-state index contributed by atoms with van der Waals surface area (Å²) in [7, 11) is 0. The molecule has 16 heavy (non-hydrogen) atoms. The molecule has 0 radical (unpaired) electrons. The Balaban J connectivity index is 2.56. The molecule has 1 aromatic heterocycles. The summed E-state index contributed by atoms with van der Waals surface area (Å²) < 4.78 is 2.71. The van der Waals surface area contributed by atoms with Crippen molar-refractivity contribution in [2.24, 2.45) is 0 Å². The van der Waals surface area contributed by atoms with Crippen molar-refractivity contribution >= 4 is 21.9 Å². The molecule has 1 N–H and O–H groups in total. The van der Waals surface area contributed by atoms with E-state index in [0.29, 0.717) is 6.42 Å². The first-order chi connectivity index (χ1) is 7.52. The summed E-state index contributed by atoms with van der Waals surface area (Å²) in [6, 6.07) is -0.444. The molecule has 2 heterocycles. The van der Waals surface area contributed by atoms with Gasteiger partial charge in [0.1, 0.15) is 16.5 Å². The predicted octanol–water partition coefficient (Wildman–Crippen LogP) is 2.73. The predicted molar refractivity (Wildman–Crippen MR) is 63.6 cm³/mol. The van der Waals surface area contributed by atoms with Gasteiger partial charge in [0.2, 0.25) is 0 Å². The Morgan fingerprint density at radius 1 is 1.62 bits per heavy atom. The number of imidazole rings is 1. The maximum absolute atomic E-state index is 11.2. The number of hydrogen-bond donors (Lipinski definition) is 1. The molecule has 1 unspecified atom stereocenters. The zero-order chi connectivity index (χ0) is 11.9. The SMILES string of the molecule is CC(C)c1nc(Br)c2n1C(C(=O)O)CCC2. The number of carboxylic acid groups (broad SMARTS) is 1. The van der Waals surface area contributed by atoms with Gasteiger partial charge < -0.3 is 9.67 Å². The van der Waals surface area contributed by atoms with E-state index in [1.165, 1.54) is 0 Å². The van der Waals surface area contributed by atoms with Crippen LogP contribution in [-0.4, -0.2) is 20.6 Å². The molecule has 1 aliphatic heterocycles. The number of aliphatic carboxylic acids is 1. The van der Waals surface area contributed by atoms with E-state index in [1.807, 2.05) is 18.4 Å². The standard InChI is InChI=1S/C11H15BrN2O2/c1-6(2)10-13-9(12)7-4-3-5-8(11(15)16)14(7)10/h6,8H,3-5H2,1-2H3,(H,15,16). The van der Waals surface area contributed by atoms with Crippen LogP contribution in [0, 0.1) is 0 Å². The minimum Gasteiger partial charge on any atom is -0.480 e. The summed E-state index contributed by atoms with van der Waals surface area (Å²) in [5, 5.41) is 9.24. The van der Waals surface area contributed by atoms with Gasteiger partial charge in [-0.15, -0.1) is 0 Å². The Morgan fingerprint density at radius 2 is 2.31 bits per heavy atom. The van der Waals surface area contributed by atoms with Crippen LogP contribution in [0.2, 0.25) is 0 Å². The lowest BCUT2D eigenvalue weighted by molar-refractivity contribution is -0.141. The second-order valence-corrected chi connectivity index (χ2v) is 5.23. The first kappa shape index (κ1) is 11.6. The van der Waals surface area contributed by atoms with E-state index in [0.717, 1.165) is 29.0 Å². The Labute approximate surface area is 103 Å². The quantitative estimate of drug-likeness (QED) is 0.910. The highest BCUT2D eigenvalue weighted by Crippen LogP contribution is 2.33. The van der Waals surface area contributed by atoms with Crippen molar-refractivity contribution < 1.29 is 9.90 Å². The lowest BCUT2D eigenvalue weighted by Crippen LogP contribution is -2.26. The monoisotopic (exact) mass is 286 g/mol. The molecular weight excluding hydrogens is 272 g/mol. The maximum atomic E-state index is 11.2. The minimum absolute atomic E-state index is 0.241. The van der Waals surface area contributed by atoms with Crippen LogP contribution in [-0.2, 0) is 11.2 Å². The fourth-order valence-electron chi connectivity index (χ4n) is 2.26. The smallest absolute Gasteiger partial charge is 0.326 e.